The maximum atomic E-state index is 12.8. The molecule has 162 valence electrons. The average Bonchev–Trinajstić information content (AvgIpc) is 3.04. The number of ketones is 1. The van der Waals surface area contributed by atoms with E-state index in [0.29, 0.717) is 34.7 Å². The minimum Gasteiger partial charge on any atom is -0.496 e. The van der Waals surface area contributed by atoms with Crippen LogP contribution in [0.4, 0.5) is 0 Å². The van der Waals surface area contributed by atoms with Crippen molar-refractivity contribution in [2.75, 3.05) is 20.8 Å². The molecule has 0 aliphatic heterocycles. The number of esters is 2. The summed E-state index contributed by atoms with van der Waals surface area (Å²) < 4.78 is 20.8. The van der Waals surface area contributed by atoms with E-state index >= 15 is 0 Å². The maximum Gasteiger partial charge on any atom is 0.339 e. The average molecular weight is 417 g/mol. The largest absolute Gasteiger partial charge is 0.496 e. The number of ether oxygens (including phenoxy) is 4. The molecule has 8 nitrogen and oxygen atoms in total. The van der Waals surface area contributed by atoms with Gasteiger partial charge in [-0.1, -0.05) is 0 Å². The monoisotopic (exact) mass is 417 g/mol. The molecule has 1 aromatic heterocycles. The zero-order chi connectivity index (χ0) is 22.4. The molecule has 0 aliphatic carbocycles. The van der Waals surface area contributed by atoms with Gasteiger partial charge in [0.2, 0.25) is 5.78 Å². The zero-order valence-electron chi connectivity index (χ0n) is 18.1. The van der Waals surface area contributed by atoms with Gasteiger partial charge in [0.05, 0.1) is 37.6 Å². The van der Waals surface area contributed by atoms with Crippen LogP contribution < -0.4 is 4.74 Å². The minimum absolute atomic E-state index is 0.208. The normalized spacial score (nSPS) is 11.7. The first-order chi connectivity index (χ1) is 14.2. The van der Waals surface area contributed by atoms with Crippen molar-refractivity contribution in [2.24, 2.45) is 0 Å². The van der Waals surface area contributed by atoms with Crippen LogP contribution in [0.15, 0.2) is 18.2 Å². The highest BCUT2D eigenvalue weighted by Gasteiger charge is 2.27. The number of aromatic nitrogens is 1. The topological polar surface area (TPSA) is 104 Å². The second kappa shape index (κ2) is 10.1. The summed E-state index contributed by atoms with van der Waals surface area (Å²) in [7, 11) is 2.81. The van der Waals surface area contributed by atoms with E-state index in [-0.39, 0.29) is 17.9 Å². The van der Waals surface area contributed by atoms with Crippen molar-refractivity contribution in [1.29, 1.82) is 0 Å². The van der Waals surface area contributed by atoms with E-state index in [4.69, 9.17) is 18.9 Å². The summed E-state index contributed by atoms with van der Waals surface area (Å²) in [6, 6.07) is 4.83. The lowest BCUT2D eigenvalue weighted by Gasteiger charge is -2.14. The molecule has 2 rings (SSSR count). The number of carbonyl (C=O) groups excluding carboxylic acids is 3. The number of hydrogen-bond acceptors (Lipinski definition) is 7. The Kier molecular flexibility index (Phi) is 7.77. The van der Waals surface area contributed by atoms with E-state index in [1.54, 1.807) is 32.0 Å². The fourth-order valence-electron chi connectivity index (χ4n) is 3.12. The molecule has 1 aromatic carbocycles. The van der Waals surface area contributed by atoms with E-state index in [1.807, 2.05) is 6.92 Å². The standard InChI is InChI=1S/C22H27NO7/c1-7-29-11-16-10-15(8-9-17(16)27-5)21(25)30-14(4)20(24)19-12(2)18(13(3)23-19)22(26)28-6/h8-10,14,23H,7,11H2,1-6H3/t14-/m1/s1. The quantitative estimate of drug-likeness (QED) is 0.493. The number of aromatic amines is 1. The Morgan fingerprint density at radius 2 is 1.80 bits per heavy atom. The van der Waals surface area contributed by atoms with Gasteiger partial charge in [-0.15, -0.1) is 0 Å². The molecule has 0 saturated heterocycles. The van der Waals surface area contributed by atoms with Gasteiger partial charge in [0, 0.05) is 17.9 Å². The molecule has 0 unspecified atom stereocenters. The van der Waals surface area contributed by atoms with Gasteiger partial charge in [0.25, 0.3) is 0 Å². The molecule has 0 fully saturated rings. The van der Waals surface area contributed by atoms with Crippen molar-refractivity contribution in [3.8, 4) is 5.75 Å². The van der Waals surface area contributed by atoms with Crippen molar-refractivity contribution in [1.82, 2.24) is 4.98 Å². The molecule has 1 N–H and O–H groups in total. The summed E-state index contributed by atoms with van der Waals surface area (Å²) in [5.41, 5.74) is 2.45. The van der Waals surface area contributed by atoms with Crippen LogP contribution in [0.5, 0.6) is 5.75 Å². The van der Waals surface area contributed by atoms with Crippen molar-refractivity contribution in [2.45, 2.75) is 40.4 Å². The predicted molar refractivity (Wildman–Crippen MR) is 109 cm³/mol. The van der Waals surface area contributed by atoms with Gasteiger partial charge >= 0.3 is 11.9 Å². The molecular formula is C22H27NO7. The van der Waals surface area contributed by atoms with Crippen LogP contribution in [-0.2, 0) is 20.8 Å². The molecule has 0 bridgehead atoms. The molecule has 0 amide bonds. The van der Waals surface area contributed by atoms with Crippen LogP contribution in [0.3, 0.4) is 0 Å². The lowest BCUT2D eigenvalue weighted by molar-refractivity contribution is 0.0316. The number of carbonyl (C=O) groups is 3. The Labute approximate surface area is 175 Å². The molecule has 1 heterocycles. The molecule has 0 radical (unpaired) electrons. The van der Waals surface area contributed by atoms with Crippen LogP contribution in [0.25, 0.3) is 0 Å². The number of Topliss-reactive ketones (excluding diaryl/α,β-unsaturated/α-hetero) is 1. The van der Waals surface area contributed by atoms with Gasteiger partial charge < -0.3 is 23.9 Å². The molecule has 0 aliphatic rings. The van der Waals surface area contributed by atoms with Crippen molar-refractivity contribution in [3.63, 3.8) is 0 Å². The predicted octanol–water partition coefficient (Wildman–Crippen LogP) is 3.39. The lowest BCUT2D eigenvalue weighted by atomic mass is 10.1. The number of rotatable bonds is 9. The van der Waals surface area contributed by atoms with Crippen LogP contribution in [0, 0.1) is 13.8 Å². The van der Waals surface area contributed by atoms with Crippen molar-refractivity contribution in [3.05, 3.63) is 51.8 Å². The van der Waals surface area contributed by atoms with E-state index in [0.717, 1.165) is 0 Å². The molecule has 0 spiro atoms. The SMILES string of the molecule is CCOCc1cc(C(=O)O[C@H](C)C(=O)c2[nH]c(C)c(C(=O)OC)c2C)ccc1OC. The third kappa shape index (κ3) is 4.88. The smallest absolute Gasteiger partial charge is 0.339 e. The molecule has 30 heavy (non-hydrogen) atoms. The number of hydrogen-bond donors (Lipinski definition) is 1. The van der Waals surface area contributed by atoms with Gasteiger partial charge in [0.1, 0.15) is 5.75 Å². The number of nitrogens with one attached hydrogen (secondary N) is 1. The van der Waals surface area contributed by atoms with Crippen molar-refractivity contribution < 1.29 is 33.3 Å². The Balaban J connectivity index is 2.20. The molecule has 8 heteroatoms. The fourth-order valence-corrected chi connectivity index (χ4v) is 3.12. The van der Waals surface area contributed by atoms with Gasteiger partial charge in [0.15, 0.2) is 6.10 Å². The van der Waals surface area contributed by atoms with Gasteiger partial charge in [-0.3, -0.25) is 4.79 Å². The number of methoxy groups -OCH3 is 2. The summed E-state index contributed by atoms with van der Waals surface area (Å²) in [5, 5.41) is 0. The Bertz CT molecular complexity index is 945. The molecule has 2 aromatic rings. The fraction of sp³-hybridized carbons (Fsp3) is 0.409. The second-order valence-electron chi connectivity index (χ2n) is 6.69. The van der Waals surface area contributed by atoms with Gasteiger partial charge in [-0.2, -0.15) is 0 Å². The summed E-state index contributed by atoms with van der Waals surface area (Å²) in [4.78, 5) is 40.2. The summed E-state index contributed by atoms with van der Waals surface area (Å²) in [5.74, 6) is -1.03. The highest BCUT2D eigenvalue weighted by Crippen LogP contribution is 2.23. The highest BCUT2D eigenvalue weighted by molar-refractivity contribution is 6.04. The van der Waals surface area contributed by atoms with E-state index in [2.05, 4.69) is 4.98 Å². The summed E-state index contributed by atoms with van der Waals surface area (Å²) >= 11 is 0. The maximum absolute atomic E-state index is 12.8. The van der Waals surface area contributed by atoms with E-state index in [1.165, 1.54) is 21.1 Å². The van der Waals surface area contributed by atoms with Gasteiger partial charge in [-0.05, 0) is 51.5 Å². The third-order valence-corrected chi connectivity index (χ3v) is 4.70. The minimum atomic E-state index is -1.06. The number of aryl methyl sites for hydroxylation is 1. The van der Waals surface area contributed by atoms with E-state index in [9.17, 15) is 14.4 Å². The van der Waals surface area contributed by atoms with E-state index < -0.39 is 23.8 Å². The van der Waals surface area contributed by atoms with Crippen LogP contribution >= 0.6 is 0 Å². The zero-order valence-corrected chi connectivity index (χ0v) is 18.1. The third-order valence-electron chi connectivity index (χ3n) is 4.70. The van der Waals surface area contributed by atoms with Gasteiger partial charge in [-0.25, -0.2) is 9.59 Å². The number of H-pyrrole nitrogens is 1. The summed E-state index contributed by atoms with van der Waals surface area (Å²) in [6.45, 7) is 7.47. The lowest BCUT2D eigenvalue weighted by Crippen LogP contribution is -2.25. The van der Waals surface area contributed by atoms with Crippen LogP contribution in [0.2, 0.25) is 0 Å². The number of benzene rings is 1. The second-order valence-corrected chi connectivity index (χ2v) is 6.69. The highest BCUT2D eigenvalue weighted by atomic mass is 16.5. The summed E-state index contributed by atoms with van der Waals surface area (Å²) in [6.07, 6.45) is -1.06. The molecule has 0 saturated carbocycles. The van der Waals surface area contributed by atoms with Crippen molar-refractivity contribution >= 4 is 17.7 Å². The first-order valence-electron chi connectivity index (χ1n) is 9.52. The molecular weight excluding hydrogens is 390 g/mol. The van der Waals surface area contributed by atoms with Crippen LogP contribution in [0.1, 0.15) is 61.9 Å². The Hall–Kier alpha value is -3.13. The first-order valence-corrected chi connectivity index (χ1v) is 9.52. The van der Waals surface area contributed by atoms with Crippen LogP contribution in [-0.4, -0.2) is 49.6 Å². The Morgan fingerprint density at radius 3 is 2.40 bits per heavy atom. The Morgan fingerprint density at radius 1 is 1.10 bits per heavy atom. The first kappa shape index (κ1) is 23.2. The molecule has 1 atom stereocenters.